The highest BCUT2D eigenvalue weighted by atomic mass is 35.5. The Hall–Kier alpha value is -3.48. The summed E-state index contributed by atoms with van der Waals surface area (Å²) < 4.78 is 6.04. The first-order chi connectivity index (χ1) is 18.7. The third-order valence-electron chi connectivity index (χ3n) is 7.68. The number of nitrogens with zero attached hydrogens (tertiary/aromatic N) is 2. The number of carbonyl (C=O) groups is 3. The Morgan fingerprint density at radius 1 is 0.923 bits per heavy atom. The Labute approximate surface area is 234 Å². The maximum atomic E-state index is 14.6. The van der Waals surface area contributed by atoms with Crippen LogP contribution in [0.25, 0.3) is 0 Å². The lowest BCUT2D eigenvalue weighted by Gasteiger charge is -2.41. The van der Waals surface area contributed by atoms with Gasteiger partial charge in [-0.1, -0.05) is 87.0 Å². The zero-order valence-electron chi connectivity index (χ0n) is 22.5. The van der Waals surface area contributed by atoms with E-state index in [1.54, 1.807) is 24.3 Å². The van der Waals surface area contributed by atoms with E-state index in [1.165, 1.54) is 0 Å². The van der Waals surface area contributed by atoms with Crippen LogP contribution in [-0.2, 0) is 16.1 Å². The number of hydrogen-bond donors (Lipinski definition) is 0. The molecule has 0 bridgehead atoms. The molecule has 3 aromatic rings. The van der Waals surface area contributed by atoms with Crippen LogP contribution >= 0.6 is 11.6 Å². The number of carbonyl (C=O) groups excluding carboxylic acids is 3. The van der Waals surface area contributed by atoms with Crippen molar-refractivity contribution in [2.24, 2.45) is 5.41 Å². The number of hydrogen-bond acceptors (Lipinski definition) is 4. The third kappa shape index (κ3) is 5.36. The molecule has 0 saturated carbocycles. The molecule has 39 heavy (non-hydrogen) atoms. The van der Waals surface area contributed by atoms with Gasteiger partial charge in [-0.15, -0.1) is 0 Å². The van der Waals surface area contributed by atoms with E-state index in [-0.39, 0.29) is 36.6 Å². The van der Waals surface area contributed by atoms with Crippen molar-refractivity contribution in [3.8, 4) is 0 Å². The lowest BCUT2D eigenvalue weighted by atomic mass is 9.85. The van der Waals surface area contributed by atoms with E-state index in [0.29, 0.717) is 16.1 Å². The first kappa shape index (κ1) is 27.1. The van der Waals surface area contributed by atoms with E-state index in [1.807, 2.05) is 59.5 Å². The maximum Gasteiger partial charge on any atom is 0.262 e. The van der Waals surface area contributed by atoms with Crippen LogP contribution in [0.3, 0.4) is 0 Å². The molecule has 202 valence electrons. The van der Waals surface area contributed by atoms with E-state index in [0.717, 1.165) is 28.9 Å². The van der Waals surface area contributed by atoms with Gasteiger partial charge in [0.2, 0.25) is 5.91 Å². The summed E-state index contributed by atoms with van der Waals surface area (Å²) in [4.78, 5) is 44.7. The molecule has 2 aliphatic rings. The maximum absolute atomic E-state index is 14.6. The van der Waals surface area contributed by atoms with Gasteiger partial charge in [-0.05, 0) is 53.6 Å². The third-order valence-corrected chi connectivity index (χ3v) is 7.92. The Morgan fingerprint density at radius 2 is 1.56 bits per heavy atom. The highest BCUT2D eigenvalue weighted by Gasteiger charge is 2.49. The summed E-state index contributed by atoms with van der Waals surface area (Å²) in [6.45, 7) is 6.49. The van der Waals surface area contributed by atoms with E-state index in [4.69, 9.17) is 16.3 Å². The molecular weight excluding hydrogens is 512 g/mol. The highest BCUT2D eigenvalue weighted by molar-refractivity contribution is 6.30. The van der Waals surface area contributed by atoms with Gasteiger partial charge in [-0.3, -0.25) is 19.3 Å². The molecule has 0 aliphatic carbocycles. The molecule has 0 radical (unpaired) electrons. The molecule has 1 saturated heterocycles. The number of halogens is 1. The molecule has 7 heteroatoms. The molecule has 1 fully saturated rings. The van der Waals surface area contributed by atoms with E-state index < -0.39 is 17.9 Å². The van der Waals surface area contributed by atoms with Gasteiger partial charge >= 0.3 is 0 Å². The van der Waals surface area contributed by atoms with Crippen LogP contribution in [0.5, 0.6) is 0 Å². The molecular formula is C32H33ClN2O4. The first-order valence-electron chi connectivity index (χ1n) is 13.3. The molecule has 2 heterocycles. The molecule has 0 N–H and O–H groups in total. The van der Waals surface area contributed by atoms with Gasteiger partial charge < -0.3 is 9.64 Å². The van der Waals surface area contributed by atoms with Crippen LogP contribution in [0.4, 0.5) is 0 Å². The molecule has 3 atom stereocenters. The average molecular weight is 545 g/mol. The second-order valence-electron chi connectivity index (χ2n) is 11.3. The van der Waals surface area contributed by atoms with E-state index >= 15 is 0 Å². The van der Waals surface area contributed by atoms with Crippen molar-refractivity contribution in [3.05, 3.63) is 106 Å². The Bertz CT molecular complexity index is 1350. The summed E-state index contributed by atoms with van der Waals surface area (Å²) in [5.74, 6) is -1.23. The van der Waals surface area contributed by atoms with Gasteiger partial charge in [0, 0.05) is 11.1 Å². The van der Waals surface area contributed by atoms with Crippen LogP contribution in [0, 0.1) is 5.41 Å². The number of ether oxygens (including phenoxy) is 1. The summed E-state index contributed by atoms with van der Waals surface area (Å²) >= 11 is 6.34. The molecule has 3 amide bonds. The van der Waals surface area contributed by atoms with Crippen LogP contribution in [0.2, 0.25) is 5.02 Å². The molecule has 0 unspecified atom stereocenters. The van der Waals surface area contributed by atoms with E-state index in [9.17, 15) is 14.4 Å². The fourth-order valence-electron chi connectivity index (χ4n) is 5.79. The minimum absolute atomic E-state index is 0.0965. The fourth-order valence-corrected chi connectivity index (χ4v) is 5.99. The largest absolute Gasteiger partial charge is 0.374 e. The zero-order chi connectivity index (χ0) is 27.7. The summed E-state index contributed by atoms with van der Waals surface area (Å²) in [6, 6.07) is 22.5. The fraction of sp³-hybridized carbons (Fsp3) is 0.344. The normalized spacial score (nSPS) is 19.9. The van der Waals surface area contributed by atoms with Crippen molar-refractivity contribution in [1.29, 1.82) is 0 Å². The number of rotatable bonds is 7. The predicted molar refractivity (Wildman–Crippen MR) is 150 cm³/mol. The standard InChI is InChI=1S/C32H33ClN2O4/c1-32(2,3)28-17-16-26(22-12-9-13-23(33)18-22)34(28)31(38)27(20-39-19-21-10-5-4-6-11-21)35-29(36)24-14-7-8-15-25(24)30(35)37/h4-15,18,26-28H,16-17,19-20H2,1-3H3/t26-,27+,28+/m0/s1. The Balaban J connectivity index is 1.52. The zero-order valence-corrected chi connectivity index (χ0v) is 23.2. The van der Waals surface area contributed by atoms with Crippen LogP contribution in [-0.4, -0.2) is 46.2 Å². The van der Waals surface area contributed by atoms with Gasteiger partial charge in [-0.25, -0.2) is 0 Å². The first-order valence-corrected chi connectivity index (χ1v) is 13.7. The SMILES string of the molecule is CC(C)(C)[C@H]1CC[C@@H](c2cccc(Cl)c2)N1C(=O)[C@@H](COCc1ccccc1)N1C(=O)c2ccccc2C1=O. The Kier molecular flexibility index (Phi) is 7.61. The van der Waals surface area contributed by atoms with Gasteiger partial charge in [0.1, 0.15) is 6.04 Å². The molecule has 2 aliphatic heterocycles. The van der Waals surface area contributed by atoms with Crippen LogP contribution in [0.15, 0.2) is 78.9 Å². The highest BCUT2D eigenvalue weighted by Crippen LogP contribution is 2.44. The number of benzene rings is 3. The van der Waals surface area contributed by atoms with Crippen molar-refractivity contribution in [2.45, 2.75) is 58.3 Å². The van der Waals surface area contributed by atoms with Crippen molar-refractivity contribution in [2.75, 3.05) is 6.61 Å². The van der Waals surface area contributed by atoms with Gasteiger partial charge in [0.15, 0.2) is 0 Å². The van der Waals surface area contributed by atoms with Crippen molar-refractivity contribution < 1.29 is 19.1 Å². The Morgan fingerprint density at radius 3 is 2.18 bits per heavy atom. The summed E-state index contributed by atoms with van der Waals surface area (Å²) in [5.41, 5.74) is 2.28. The molecule has 6 nitrogen and oxygen atoms in total. The van der Waals surface area contributed by atoms with Crippen molar-refractivity contribution in [1.82, 2.24) is 9.80 Å². The topological polar surface area (TPSA) is 66.9 Å². The number of fused-ring (bicyclic) bond motifs is 1. The summed E-state index contributed by atoms with van der Waals surface area (Å²) in [5, 5.41) is 0.599. The van der Waals surface area contributed by atoms with Crippen molar-refractivity contribution in [3.63, 3.8) is 0 Å². The summed E-state index contributed by atoms with van der Waals surface area (Å²) in [7, 11) is 0. The lowest BCUT2D eigenvalue weighted by molar-refractivity contribution is -0.143. The minimum atomic E-state index is -1.11. The quantitative estimate of drug-likeness (QED) is 0.327. The van der Waals surface area contributed by atoms with Crippen LogP contribution in [0.1, 0.15) is 71.5 Å². The lowest BCUT2D eigenvalue weighted by Crippen LogP contribution is -2.56. The molecule has 0 spiro atoms. The number of likely N-dealkylation sites (tertiary alicyclic amines) is 1. The predicted octanol–water partition coefficient (Wildman–Crippen LogP) is 6.30. The second kappa shape index (κ2) is 10.9. The molecule has 5 rings (SSSR count). The number of imide groups is 1. The smallest absolute Gasteiger partial charge is 0.262 e. The average Bonchev–Trinajstić information content (AvgIpc) is 3.48. The summed E-state index contributed by atoms with van der Waals surface area (Å²) in [6.07, 6.45) is 1.56. The minimum Gasteiger partial charge on any atom is -0.374 e. The molecule has 0 aromatic heterocycles. The van der Waals surface area contributed by atoms with Crippen molar-refractivity contribution >= 4 is 29.3 Å². The molecule has 3 aromatic carbocycles. The van der Waals surface area contributed by atoms with E-state index in [2.05, 4.69) is 20.8 Å². The second-order valence-corrected chi connectivity index (χ2v) is 11.8. The van der Waals surface area contributed by atoms with Crippen LogP contribution < -0.4 is 0 Å². The van der Waals surface area contributed by atoms with Gasteiger partial charge in [0.05, 0.1) is 30.4 Å². The number of amides is 3. The van der Waals surface area contributed by atoms with Gasteiger partial charge in [0.25, 0.3) is 11.8 Å². The van der Waals surface area contributed by atoms with Gasteiger partial charge in [-0.2, -0.15) is 0 Å². The monoisotopic (exact) mass is 544 g/mol.